The quantitative estimate of drug-likeness (QED) is 0.731. The zero-order valence-electron chi connectivity index (χ0n) is 9.34. The molecule has 86 valence electrons. The van der Waals surface area contributed by atoms with Crippen LogP contribution >= 0.6 is 0 Å². The minimum absolute atomic E-state index is 0.112. The SMILES string of the molecule is C[C@H]1O[C@H](OCc2ccccc2)C[C@@H]2O[C@@H]21. The molecule has 0 aliphatic carbocycles. The zero-order valence-corrected chi connectivity index (χ0v) is 9.34. The highest BCUT2D eigenvalue weighted by atomic mass is 16.7. The normalized spacial score (nSPS) is 36.8. The summed E-state index contributed by atoms with van der Waals surface area (Å²) in [5, 5.41) is 0. The molecule has 2 saturated heterocycles. The topological polar surface area (TPSA) is 31.0 Å². The Hall–Kier alpha value is -0.900. The summed E-state index contributed by atoms with van der Waals surface area (Å²) in [4.78, 5) is 0. The van der Waals surface area contributed by atoms with E-state index in [4.69, 9.17) is 14.2 Å². The van der Waals surface area contributed by atoms with Crippen molar-refractivity contribution in [3.8, 4) is 0 Å². The van der Waals surface area contributed by atoms with Crippen LogP contribution in [-0.2, 0) is 20.8 Å². The Labute approximate surface area is 95.3 Å². The minimum atomic E-state index is -0.112. The van der Waals surface area contributed by atoms with Crippen LogP contribution in [0.4, 0.5) is 0 Å². The standard InChI is InChI=1S/C13H16O3/c1-9-13-11(16-13)7-12(15-9)14-8-10-5-3-2-4-6-10/h2-6,9,11-13H,7-8H2,1H3/t9-,11+,12+,13-/m1/s1. The molecule has 0 aromatic heterocycles. The maximum absolute atomic E-state index is 5.73. The first-order valence-corrected chi connectivity index (χ1v) is 5.79. The van der Waals surface area contributed by atoms with Gasteiger partial charge in [-0.05, 0) is 12.5 Å². The Balaban J connectivity index is 1.52. The van der Waals surface area contributed by atoms with Crippen LogP contribution in [-0.4, -0.2) is 24.6 Å². The van der Waals surface area contributed by atoms with Crippen LogP contribution in [0.15, 0.2) is 30.3 Å². The highest BCUT2D eigenvalue weighted by Crippen LogP contribution is 2.37. The van der Waals surface area contributed by atoms with Crippen molar-refractivity contribution >= 4 is 0 Å². The summed E-state index contributed by atoms with van der Waals surface area (Å²) in [6.07, 6.45) is 1.60. The van der Waals surface area contributed by atoms with Crippen molar-refractivity contribution in [3.63, 3.8) is 0 Å². The smallest absolute Gasteiger partial charge is 0.161 e. The molecule has 0 radical (unpaired) electrons. The molecule has 0 amide bonds. The highest BCUT2D eigenvalue weighted by Gasteiger charge is 2.49. The first-order valence-electron chi connectivity index (χ1n) is 5.79. The summed E-state index contributed by atoms with van der Waals surface area (Å²) in [6, 6.07) is 10.2. The predicted octanol–water partition coefficient (Wildman–Crippen LogP) is 2.11. The molecule has 1 aromatic carbocycles. The van der Waals surface area contributed by atoms with E-state index in [9.17, 15) is 0 Å². The van der Waals surface area contributed by atoms with Gasteiger partial charge in [-0.3, -0.25) is 0 Å². The number of fused-ring (bicyclic) bond motifs is 1. The largest absolute Gasteiger partial charge is 0.367 e. The summed E-state index contributed by atoms with van der Waals surface area (Å²) < 4.78 is 16.9. The second-order valence-electron chi connectivity index (χ2n) is 4.44. The lowest BCUT2D eigenvalue weighted by Gasteiger charge is -2.24. The predicted molar refractivity (Wildman–Crippen MR) is 58.8 cm³/mol. The van der Waals surface area contributed by atoms with E-state index in [1.165, 1.54) is 5.56 Å². The number of epoxide rings is 1. The third kappa shape index (κ3) is 2.12. The van der Waals surface area contributed by atoms with Gasteiger partial charge in [0.1, 0.15) is 6.10 Å². The third-order valence-corrected chi connectivity index (χ3v) is 3.15. The van der Waals surface area contributed by atoms with Gasteiger partial charge in [-0.15, -0.1) is 0 Å². The second-order valence-corrected chi connectivity index (χ2v) is 4.44. The molecule has 3 rings (SSSR count). The first-order chi connectivity index (χ1) is 7.83. The van der Waals surface area contributed by atoms with Crippen LogP contribution in [0.1, 0.15) is 18.9 Å². The molecule has 1 aromatic rings. The van der Waals surface area contributed by atoms with E-state index in [0.29, 0.717) is 18.8 Å². The Morgan fingerprint density at radius 2 is 2.06 bits per heavy atom. The van der Waals surface area contributed by atoms with E-state index in [1.807, 2.05) is 25.1 Å². The lowest BCUT2D eigenvalue weighted by Crippen LogP contribution is -2.33. The maximum atomic E-state index is 5.73. The van der Waals surface area contributed by atoms with Gasteiger partial charge in [0.15, 0.2) is 6.29 Å². The molecule has 2 heterocycles. The van der Waals surface area contributed by atoms with Crippen LogP contribution in [0.25, 0.3) is 0 Å². The molecule has 16 heavy (non-hydrogen) atoms. The number of benzene rings is 1. The average Bonchev–Trinajstić information content (AvgIpc) is 3.08. The molecule has 0 spiro atoms. The average molecular weight is 220 g/mol. The second kappa shape index (κ2) is 4.17. The molecule has 0 N–H and O–H groups in total. The van der Waals surface area contributed by atoms with E-state index in [1.54, 1.807) is 0 Å². The fraction of sp³-hybridized carbons (Fsp3) is 0.538. The van der Waals surface area contributed by atoms with Gasteiger partial charge >= 0.3 is 0 Å². The molecule has 0 saturated carbocycles. The van der Waals surface area contributed by atoms with Crippen molar-refractivity contribution in [1.29, 1.82) is 0 Å². The number of hydrogen-bond donors (Lipinski definition) is 0. The summed E-state index contributed by atoms with van der Waals surface area (Å²) >= 11 is 0. The van der Waals surface area contributed by atoms with Crippen molar-refractivity contribution in [2.45, 2.75) is 44.6 Å². The molecule has 2 fully saturated rings. The summed E-state index contributed by atoms with van der Waals surface area (Å²) in [6.45, 7) is 2.65. The first kappa shape index (κ1) is 10.3. The molecule has 3 nitrogen and oxygen atoms in total. The molecular weight excluding hydrogens is 204 g/mol. The van der Waals surface area contributed by atoms with Crippen LogP contribution in [0.2, 0.25) is 0 Å². The van der Waals surface area contributed by atoms with Gasteiger partial charge in [0, 0.05) is 6.42 Å². The molecule has 0 unspecified atom stereocenters. The number of hydrogen-bond acceptors (Lipinski definition) is 3. The fourth-order valence-electron chi connectivity index (χ4n) is 2.19. The van der Waals surface area contributed by atoms with Gasteiger partial charge in [0.25, 0.3) is 0 Å². The van der Waals surface area contributed by atoms with Gasteiger partial charge in [0.05, 0.1) is 18.8 Å². The van der Waals surface area contributed by atoms with Crippen molar-refractivity contribution in [2.24, 2.45) is 0 Å². The number of rotatable bonds is 3. The lowest BCUT2D eigenvalue weighted by atomic mass is 10.1. The van der Waals surface area contributed by atoms with E-state index in [2.05, 4.69) is 12.1 Å². The van der Waals surface area contributed by atoms with E-state index >= 15 is 0 Å². The lowest BCUT2D eigenvalue weighted by molar-refractivity contribution is -0.186. The van der Waals surface area contributed by atoms with Gasteiger partial charge in [-0.2, -0.15) is 0 Å². The maximum Gasteiger partial charge on any atom is 0.161 e. The number of ether oxygens (including phenoxy) is 3. The Morgan fingerprint density at radius 1 is 1.25 bits per heavy atom. The Kier molecular flexibility index (Phi) is 2.67. The Morgan fingerprint density at radius 3 is 2.81 bits per heavy atom. The van der Waals surface area contributed by atoms with Crippen LogP contribution < -0.4 is 0 Å². The monoisotopic (exact) mass is 220 g/mol. The Bertz CT molecular complexity index is 351. The van der Waals surface area contributed by atoms with Crippen molar-refractivity contribution in [1.82, 2.24) is 0 Å². The molecular formula is C13H16O3. The van der Waals surface area contributed by atoms with Crippen LogP contribution in [0.5, 0.6) is 0 Å². The zero-order chi connectivity index (χ0) is 11.0. The van der Waals surface area contributed by atoms with Gasteiger partial charge in [-0.25, -0.2) is 0 Å². The molecule has 3 heteroatoms. The van der Waals surface area contributed by atoms with Crippen molar-refractivity contribution in [3.05, 3.63) is 35.9 Å². The van der Waals surface area contributed by atoms with Crippen molar-refractivity contribution in [2.75, 3.05) is 0 Å². The van der Waals surface area contributed by atoms with E-state index in [-0.39, 0.29) is 12.4 Å². The van der Waals surface area contributed by atoms with Gasteiger partial charge in [0.2, 0.25) is 0 Å². The molecule has 4 atom stereocenters. The highest BCUT2D eigenvalue weighted by molar-refractivity contribution is 5.13. The molecule has 2 aliphatic heterocycles. The minimum Gasteiger partial charge on any atom is -0.367 e. The van der Waals surface area contributed by atoms with Crippen molar-refractivity contribution < 1.29 is 14.2 Å². The third-order valence-electron chi connectivity index (χ3n) is 3.15. The van der Waals surface area contributed by atoms with E-state index < -0.39 is 0 Å². The molecule has 2 aliphatic rings. The summed E-state index contributed by atoms with van der Waals surface area (Å²) in [5.41, 5.74) is 1.18. The van der Waals surface area contributed by atoms with Gasteiger partial charge in [-0.1, -0.05) is 30.3 Å². The van der Waals surface area contributed by atoms with E-state index in [0.717, 1.165) is 6.42 Å². The molecule has 0 bridgehead atoms. The van der Waals surface area contributed by atoms with Gasteiger partial charge < -0.3 is 14.2 Å². The summed E-state index contributed by atoms with van der Waals surface area (Å²) in [5.74, 6) is 0. The summed E-state index contributed by atoms with van der Waals surface area (Å²) in [7, 11) is 0. The van der Waals surface area contributed by atoms with Crippen LogP contribution in [0.3, 0.4) is 0 Å². The fourth-order valence-corrected chi connectivity index (χ4v) is 2.19. The van der Waals surface area contributed by atoms with Crippen LogP contribution in [0, 0.1) is 0 Å².